The first-order valence-electron chi connectivity index (χ1n) is 19.6. The third-order valence-corrected chi connectivity index (χ3v) is 11.3. The molecule has 0 spiro atoms. The number of allylic oxidation sites excluding steroid dienone is 5. The molecular formula is C54H40N2. The van der Waals surface area contributed by atoms with E-state index in [1.165, 1.54) is 82.0 Å². The number of anilines is 2. The number of aromatic nitrogens is 1. The predicted octanol–water partition coefficient (Wildman–Crippen LogP) is 14.7. The monoisotopic (exact) mass is 716 g/mol. The Bertz CT molecular complexity index is 3020. The second-order valence-electron chi connectivity index (χ2n) is 14.6. The van der Waals surface area contributed by atoms with Crippen molar-refractivity contribution >= 4 is 60.2 Å². The number of hydrogen-bond acceptors (Lipinski definition) is 2. The van der Waals surface area contributed by atoms with E-state index in [0.29, 0.717) is 0 Å². The Morgan fingerprint density at radius 2 is 1.07 bits per heavy atom. The van der Waals surface area contributed by atoms with Gasteiger partial charge in [0.1, 0.15) is 5.82 Å². The van der Waals surface area contributed by atoms with Crippen LogP contribution in [0.1, 0.15) is 24.5 Å². The minimum Gasteiger partial charge on any atom is -0.295 e. The zero-order valence-corrected chi connectivity index (χ0v) is 31.4. The van der Waals surface area contributed by atoms with Crippen molar-refractivity contribution in [2.75, 3.05) is 4.90 Å². The van der Waals surface area contributed by atoms with Crippen LogP contribution in [0.15, 0.2) is 206 Å². The second kappa shape index (κ2) is 14.3. The number of rotatable bonds is 7. The molecule has 9 aromatic rings. The third-order valence-electron chi connectivity index (χ3n) is 11.3. The summed E-state index contributed by atoms with van der Waals surface area (Å²) in [5.74, 6) is 0.898. The lowest BCUT2D eigenvalue weighted by Gasteiger charge is -2.25. The fraction of sp³-hybridized carbons (Fsp3) is 0.0556. The van der Waals surface area contributed by atoms with Crippen molar-refractivity contribution in [1.29, 1.82) is 0 Å². The Kier molecular flexibility index (Phi) is 8.57. The highest BCUT2D eigenvalue weighted by Gasteiger charge is 2.20. The molecule has 0 bridgehead atoms. The van der Waals surface area contributed by atoms with Crippen LogP contribution < -0.4 is 4.90 Å². The van der Waals surface area contributed by atoms with Gasteiger partial charge in [0, 0.05) is 17.6 Å². The molecule has 0 radical (unpaired) electrons. The number of pyridine rings is 1. The lowest BCUT2D eigenvalue weighted by Crippen LogP contribution is -2.16. The number of nitrogens with zero attached hydrogens (tertiary/aromatic N) is 2. The Morgan fingerprint density at radius 1 is 0.482 bits per heavy atom. The van der Waals surface area contributed by atoms with Crippen LogP contribution in [0.4, 0.5) is 11.5 Å². The van der Waals surface area contributed by atoms with Gasteiger partial charge >= 0.3 is 0 Å². The van der Waals surface area contributed by atoms with Crippen molar-refractivity contribution in [2.24, 2.45) is 0 Å². The molecule has 266 valence electrons. The predicted molar refractivity (Wildman–Crippen MR) is 239 cm³/mol. The van der Waals surface area contributed by atoms with Crippen molar-refractivity contribution in [3.8, 4) is 22.3 Å². The van der Waals surface area contributed by atoms with E-state index in [9.17, 15) is 0 Å². The molecule has 2 nitrogen and oxygen atoms in total. The van der Waals surface area contributed by atoms with Gasteiger partial charge in [-0.15, -0.1) is 0 Å². The molecule has 1 aromatic heterocycles. The summed E-state index contributed by atoms with van der Waals surface area (Å²) in [6.07, 6.45) is 12.8. The van der Waals surface area contributed by atoms with E-state index < -0.39 is 0 Å². The van der Waals surface area contributed by atoms with E-state index in [-0.39, 0.29) is 0 Å². The number of aryl methyl sites for hydroxylation is 1. The van der Waals surface area contributed by atoms with E-state index in [1.54, 1.807) is 0 Å². The summed E-state index contributed by atoms with van der Waals surface area (Å²) in [4.78, 5) is 7.04. The summed E-state index contributed by atoms with van der Waals surface area (Å²) >= 11 is 0. The number of hydrogen-bond donors (Lipinski definition) is 0. The van der Waals surface area contributed by atoms with Crippen molar-refractivity contribution in [3.63, 3.8) is 0 Å². The molecule has 0 amide bonds. The second-order valence-corrected chi connectivity index (χ2v) is 14.6. The molecular weight excluding hydrogens is 677 g/mol. The van der Waals surface area contributed by atoms with Crippen LogP contribution in [0.5, 0.6) is 0 Å². The van der Waals surface area contributed by atoms with E-state index >= 15 is 0 Å². The average molecular weight is 717 g/mol. The highest BCUT2D eigenvalue weighted by molar-refractivity contribution is 6.22. The molecule has 2 heteroatoms. The summed E-state index contributed by atoms with van der Waals surface area (Å²) < 4.78 is 0. The Morgan fingerprint density at radius 3 is 1.71 bits per heavy atom. The molecule has 8 aromatic carbocycles. The number of benzene rings is 8. The maximum absolute atomic E-state index is 4.78. The van der Waals surface area contributed by atoms with E-state index in [2.05, 4.69) is 200 Å². The molecule has 56 heavy (non-hydrogen) atoms. The molecule has 0 aliphatic heterocycles. The van der Waals surface area contributed by atoms with E-state index in [1.807, 2.05) is 12.3 Å². The van der Waals surface area contributed by atoms with Gasteiger partial charge in [-0.3, -0.25) is 4.90 Å². The van der Waals surface area contributed by atoms with Crippen LogP contribution in [0.3, 0.4) is 0 Å². The fourth-order valence-corrected chi connectivity index (χ4v) is 8.45. The van der Waals surface area contributed by atoms with Crippen molar-refractivity contribution < 1.29 is 0 Å². The van der Waals surface area contributed by atoms with Gasteiger partial charge in [-0.05, 0) is 143 Å². The van der Waals surface area contributed by atoms with Gasteiger partial charge < -0.3 is 0 Å². The third kappa shape index (κ3) is 6.06. The van der Waals surface area contributed by atoms with Crippen LogP contribution in [-0.4, -0.2) is 4.98 Å². The molecule has 10 rings (SSSR count). The molecule has 0 N–H and O–H groups in total. The Balaban J connectivity index is 1.15. The zero-order valence-electron chi connectivity index (χ0n) is 31.4. The Labute approximate surface area is 328 Å². The van der Waals surface area contributed by atoms with Crippen LogP contribution in [0.2, 0.25) is 0 Å². The summed E-state index contributed by atoms with van der Waals surface area (Å²) in [5, 5.41) is 10.00. The smallest absolute Gasteiger partial charge is 0.137 e. The quantitative estimate of drug-likeness (QED) is 0.153. The fourth-order valence-electron chi connectivity index (χ4n) is 8.45. The van der Waals surface area contributed by atoms with Crippen LogP contribution >= 0.6 is 0 Å². The lowest BCUT2D eigenvalue weighted by molar-refractivity contribution is 1.10. The maximum Gasteiger partial charge on any atom is 0.137 e. The standard InChI is InChI=1S/C54H40N2/c1-2-37-21-29-47(30-22-37)56(52-20-9-10-33-55-52)46-17-11-16-40(27-31-46)43-28-32-50-51(36-43)54(45-26-24-39-13-4-6-15-42(39)35-45)49-19-8-7-18-48(49)53(50)44-25-23-38-12-3-5-14-41(38)34-44/h3-10,12-36H,2,11H2,1H3. The van der Waals surface area contributed by atoms with Crippen LogP contribution in [0, 0.1) is 0 Å². The normalized spacial score (nSPS) is 12.9. The molecule has 1 aliphatic carbocycles. The van der Waals surface area contributed by atoms with Crippen LogP contribution in [0.25, 0.3) is 70.9 Å². The van der Waals surface area contributed by atoms with E-state index in [0.717, 1.165) is 30.0 Å². The highest BCUT2D eigenvalue weighted by Crippen LogP contribution is 2.45. The molecule has 1 heterocycles. The SMILES string of the molecule is CCc1ccc(N(C2=CCC=C(c3ccc4c(-c5ccc6ccccc6c5)c5ccccc5c(-c5ccc6ccccc6c5)c4c3)C=C2)c2ccccn2)cc1. The van der Waals surface area contributed by atoms with Gasteiger partial charge in [0.2, 0.25) is 0 Å². The first-order chi connectivity index (χ1) is 27.7. The first kappa shape index (κ1) is 33.5. The van der Waals surface area contributed by atoms with Gasteiger partial charge in [-0.25, -0.2) is 4.98 Å². The molecule has 0 saturated carbocycles. The van der Waals surface area contributed by atoms with Gasteiger partial charge in [-0.2, -0.15) is 0 Å². The summed E-state index contributed by atoms with van der Waals surface area (Å²) in [7, 11) is 0. The lowest BCUT2D eigenvalue weighted by atomic mass is 9.84. The van der Waals surface area contributed by atoms with E-state index in [4.69, 9.17) is 4.98 Å². The maximum atomic E-state index is 4.78. The van der Waals surface area contributed by atoms with Gasteiger partial charge in [0.25, 0.3) is 0 Å². The van der Waals surface area contributed by atoms with Crippen LogP contribution in [-0.2, 0) is 6.42 Å². The molecule has 1 aliphatic rings. The van der Waals surface area contributed by atoms with Crippen molar-refractivity contribution in [2.45, 2.75) is 19.8 Å². The largest absolute Gasteiger partial charge is 0.295 e. The van der Waals surface area contributed by atoms with Gasteiger partial charge in [0.15, 0.2) is 0 Å². The topological polar surface area (TPSA) is 16.1 Å². The summed E-state index contributed by atoms with van der Waals surface area (Å²) in [5.41, 5.74) is 10.9. The minimum absolute atomic E-state index is 0.795. The number of fused-ring (bicyclic) bond motifs is 4. The first-order valence-corrected chi connectivity index (χ1v) is 19.6. The molecule has 0 unspecified atom stereocenters. The van der Waals surface area contributed by atoms with Gasteiger partial charge in [0.05, 0.1) is 0 Å². The molecule has 0 fully saturated rings. The van der Waals surface area contributed by atoms with Crippen molar-refractivity contribution in [1.82, 2.24) is 4.98 Å². The highest BCUT2D eigenvalue weighted by atomic mass is 15.2. The summed E-state index contributed by atoms with van der Waals surface area (Å²) in [6.45, 7) is 2.19. The summed E-state index contributed by atoms with van der Waals surface area (Å²) in [6, 6.07) is 62.1. The molecule has 0 atom stereocenters. The zero-order chi connectivity index (χ0) is 37.4. The van der Waals surface area contributed by atoms with Gasteiger partial charge in [-0.1, -0.05) is 153 Å². The molecule has 0 saturated heterocycles. The minimum atomic E-state index is 0.795. The average Bonchev–Trinajstić information content (AvgIpc) is 3.52. The Hall–Kier alpha value is -7.03. The van der Waals surface area contributed by atoms with Crippen molar-refractivity contribution in [3.05, 3.63) is 217 Å².